The highest BCUT2D eigenvalue weighted by Crippen LogP contribution is 2.32. The molecular weight excluding hydrogens is 264 g/mol. The predicted molar refractivity (Wildman–Crippen MR) is 60.3 cm³/mol. The van der Waals surface area contributed by atoms with Crippen LogP contribution in [-0.4, -0.2) is 26.2 Å². The number of halogens is 2. The molecule has 0 heterocycles. The van der Waals surface area contributed by atoms with Gasteiger partial charge in [-0.2, -0.15) is 0 Å². The van der Waals surface area contributed by atoms with Crippen LogP contribution in [0.15, 0.2) is 23.1 Å². The minimum atomic E-state index is -3.92. The molecule has 100 valence electrons. The second-order valence-corrected chi connectivity index (χ2v) is 6.10. The third-order valence-electron chi connectivity index (χ3n) is 2.85. The van der Waals surface area contributed by atoms with Gasteiger partial charge in [-0.25, -0.2) is 21.9 Å². The number of hydrogen-bond acceptors (Lipinski definition) is 3. The Labute approximate surface area is 104 Å². The van der Waals surface area contributed by atoms with E-state index in [0.717, 1.165) is 25.0 Å². The first-order chi connectivity index (χ1) is 8.40. The lowest BCUT2D eigenvalue weighted by Gasteiger charge is -2.11. The maximum atomic E-state index is 12.9. The van der Waals surface area contributed by atoms with E-state index in [-0.39, 0.29) is 17.4 Å². The van der Waals surface area contributed by atoms with E-state index in [1.165, 1.54) is 0 Å². The summed E-state index contributed by atoms with van der Waals surface area (Å²) in [5.74, 6) is -2.19. The normalized spacial score (nSPS) is 17.7. The van der Waals surface area contributed by atoms with Crippen molar-refractivity contribution in [1.82, 2.24) is 4.72 Å². The van der Waals surface area contributed by atoms with E-state index in [1.807, 2.05) is 0 Å². The van der Waals surface area contributed by atoms with Gasteiger partial charge in [0.25, 0.3) is 0 Å². The van der Waals surface area contributed by atoms with Gasteiger partial charge in [-0.15, -0.1) is 0 Å². The Morgan fingerprint density at radius 1 is 1.33 bits per heavy atom. The molecular formula is C11H13F2NO3S. The minimum Gasteiger partial charge on any atom is -0.391 e. The summed E-state index contributed by atoms with van der Waals surface area (Å²) < 4.78 is 51.3. The fourth-order valence-corrected chi connectivity index (χ4v) is 2.63. The Bertz CT molecular complexity index is 543. The molecule has 0 aliphatic heterocycles. The molecule has 1 aliphatic rings. The average molecular weight is 277 g/mol. The summed E-state index contributed by atoms with van der Waals surface area (Å²) >= 11 is 0. The van der Waals surface area contributed by atoms with Crippen molar-refractivity contribution in [3.8, 4) is 0 Å². The molecule has 1 aliphatic carbocycles. The third kappa shape index (κ3) is 3.04. The van der Waals surface area contributed by atoms with Gasteiger partial charge in [-0.3, -0.25) is 0 Å². The highest BCUT2D eigenvalue weighted by molar-refractivity contribution is 7.89. The Balaban J connectivity index is 2.07. The molecule has 4 nitrogen and oxygen atoms in total. The molecule has 7 heteroatoms. The van der Waals surface area contributed by atoms with Crippen molar-refractivity contribution in [3.05, 3.63) is 29.8 Å². The molecule has 0 aromatic heterocycles. The lowest BCUT2D eigenvalue weighted by atomic mass is 10.2. The van der Waals surface area contributed by atoms with Crippen molar-refractivity contribution in [2.45, 2.75) is 23.8 Å². The van der Waals surface area contributed by atoms with Crippen LogP contribution in [0.2, 0.25) is 0 Å². The van der Waals surface area contributed by atoms with Crippen molar-refractivity contribution in [2.24, 2.45) is 5.92 Å². The Morgan fingerprint density at radius 3 is 2.56 bits per heavy atom. The Morgan fingerprint density at radius 2 is 2.00 bits per heavy atom. The zero-order valence-electron chi connectivity index (χ0n) is 9.44. The Hall–Kier alpha value is -1.05. The lowest BCUT2D eigenvalue weighted by molar-refractivity contribution is 0.155. The first-order valence-electron chi connectivity index (χ1n) is 5.53. The molecule has 0 amide bonds. The van der Waals surface area contributed by atoms with Gasteiger partial charge in [-0.1, -0.05) is 0 Å². The van der Waals surface area contributed by atoms with Gasteiger partial charge in [0, 0.05) is 6.54 Å². The molecule has 1 fully saturated rings. The first kappa shape index (κ1) is 13.4. The monoisotopic (exact) mass is 277 g/mol. The van der Waals surface area contributed by atoms with E-state index in [1.54, 1.807) is 0 Å². The maximum Gasteiger partial charge on any atom is 0.240 e. The van der Waals surface area contributed by atoms with Crippen molar-refractivity contribution >= 4 is 10.0 Å². The quantitative estimate of drug-likeness (QED) is 0.844. The van der Waals surface area contributed by atoms with Crippen LogP contribution in [0.5, 0.6) is 0 Å². The summed E-state index contributed by atoms with van der Waals surface area (Å²) in [5.41, 5.74) is 0. The van der Waals surface area contributed by atoms with E-state index >= 15 is 0 Å². The van der Waals surface area contributed by atoms with E-state index in [9.17, 15) is 22.3 Å². The van der Waals surface area contributed by atoms with Crippen molar-refractivity contribution in [2.75, 3.05) is 6.54 Å². The summed E-state index contributed by atoms with van der Waals surface area (Å²) in [6.07, 6.45) is 1.03. The topological polar surface area (TPSA) is 66.4 Å². The molecule has 2 N–H and O–H groups in total. The number of aliphatic hydroxyl groups excluding tert-OH is 1. The molecule has 1 unspecified atom stereocenters. The van der Waals surface area contributed by atoms with Crippen LogP contribution < -0.4 is 4.72 Å². The molecule has 0 saturated heterocycles. The van der Waals surface area contributed by atoms with Crippen LogP contribution in [0.3, 0.4) is 0 Å². The molecule has 1 aromatic rings. The zero-order chi connectivity index (χ0) is 13.3. The van der Waals surface area contributed by atoms with Crippen molar-refractivity contribution < 1.29 is 22.3 Å². The lowest BCUT2D eigenvalue weighted by Crippen LogP contribution is -2.33. The van der Waals surface area contributed by atoms with Crippen molar-refractivity contribution in [1.29, 1.82) is 0 Å². The third-order valence-corrected chi connectivity index (χ3v) is 4.27. The zero-order valence-corrected chi connectivity index (χ0v) is 10.3. The van der Waals surface area contributed by atoms with E-state index in [0.29, 0.717) is 6.07 Å². The van der Waals surface area contributed by atoms with Gasteiger partial charge in [-0.05, 0) is 37.0 Å². The van der Waals surface area contributed by atoms with Gasteiger partial charge in [0.05, 0.1) is 11.0 Å². The van der Waals surface area contributed by atoms with Gasteiger partial charge < -0.3 is 5.11 Å². The predicted octanol–water partition coefficient (Wildman–Crippen LogP) is 1.01. The first-order valence-corrected chi connectivity index (χ1v) is 7.01. The molecule has 0 radical (unpaired) electrons. The van der Waals surface area contributed by atoms with E-state index in [4.69, 9.17) is 0 Å². The van der Waals surface area contributed by atoms with Crippen LogP contribution in [0.4, 0.5) is 8.78 Å². The molecule has 0 spiro atoms. The fourth-order valence-electron chi connectivity index (χ4n) is 1.57. The fraction of sp³-hybridized carbons (Fsp3) is 0.455. The summed E-state index contributed by atoms with van der Waals surface area (Å²) in [5, 5.41) is 9.54. The van der Waals surface area contributed by atoms with Gasteiger partial charge in [0.2, 0.25) is 10.0 Å². The van der Waals surface area contributed by atoms with Crippen LogP contribution in [-0.2, 0) is 10.0 Å². The van der Waals surface area contributed by atoms with Crippen LogP contribution >= 0.6 is 0 Å². The summed E-state index contributed by atoms with van der Waals surface area (Å²) in [4.78, 5) is -0.357. The number of hydrogen-bond donors (Lipinski definition) is 2. The smallest absolute Gasteiger partial charge is 0.240 e. The Kier molecular flexibility index (Phi) is 3.65. The largest absolute Gasteiger partial charge is 0.391 e. The summed E-state index contributed by atoms with van der Waals surface area (Å²) in [7, 11) is -3.92. The average Bonchev–Trinajstić information content (AvgIpc) is 3.13. The second-order valence-electron chi connectivity index (χ2n) is 4.33. The second kappa shape index (κ2) is 4.91. The van der Waals surface area contributed by atoms with Crippen LogP contribution in [0.1, 0.15) is 12.8 Å². The van der Waals surface area contributed by atoms with Crippen molar-refractivity contribution in [3.63, 3.8) is 0 Å². The maximum absolute atomic E-state index is 12.9. The molecule has 18 heavy (non-hydrogen) atoms. The molecule has 1 aromatic carbocycles. The number of rotatable bonds is 5. The highest BCUT2D eigenvalue weighted by Gasteiger charge is 2.30. The molecule has 1 atom stereocenters. The summed E-state index contributed by atoms with van der Waals surface area (Å²) in [6.45, 7) is -0.119. The number of aliphatic hydroxyl groups is 1. The minimum absolute atomic E-state index is 0.119. The number of benzene rings is 1. The molecule has 0 bridgehead atoms. The number of nitrogens with one attached hydrogen (secondary N) is 1. The molecule has 2 rings (SSSR count). The van der Waals surface area contributed by atoms with Crippen LogP contribution in [0.25, 0.3) is 0 Å². The van der Waals surface area contributed by atoms with E-state index < -0.39 is 27.8 Å². The van der Waals surface area contributed by atoms with Crippen LogP contribution in [0, 0.1) is 17.6 Å². The standard InChI is InChI=1S/C11H13F2NO3S/c12-9-4-3-8(5-10(9)13)18(16,17)14-6-11(15)7-1-2-7/h3-5,7,11,14-15H,1-2,6H2. The SMILES string of the molecule is O=S(=O)(NCC(O)C1CC1)c1ccc(F)c(F)c1. The highest BCUT2D eigenvalue weighted by atomic mass is 32.2. The van der Waals surface area contributed by atoms with Gasteiger partial charge >= 0.3 is 0 Å². The molecule has 1 saturated carbocycles. The number of sulfonamides is 1. The summed E-state index contributed by atoms with van der Waals surface area (Å²) in [6, 6.07) is 2.34. The van der Waals surface area contributed by atoms with Gasteiger partial charge in [0.15, 0.2) is 11.6 Å². The van der Waals surface area contributed by atoms with E-state index in [2.05, 4.69) is 4.72 Å². The van der Waals surface area contributed by atoms with Gasteiger partial charge in [0.1, 0.15) is 0 Å².